The van der Waals surface area contributed by atoms with E-state index in [4.69, 9.17) is 9.47 Å². The molecule has 3 aromatic heterocycles. The lowest BCUT2D eigenvalue weighted by atomic mass is 10.1. The molecule has 0 bridgehead atoms. The van der Waals surface area contributed by atoms with E-state index in [1.165, 1.54) is 11.1 Å². The number of hydrogen-bond donors (Lipinski definition) is 1. The number of ether oxygens (including phenoxy) is 2. The van der Waals surface area contributed by atoms with Crippen LogP contribution < -0.4 is 14.8 Å². The van der Waals surface area contributed by atoms with E-state index >= 15 is 0 Å². The molecule has 0 radical (unpaired) electrons. The molecule has 0 saturated carbocycles. The fourth-order valence-electron chi connectivity index (χ4n) is 3.74. The second-order valence-corrected chi connectivity index (χ2v) is 7.84. The van der Waals surface area contributed by atoms with Gasteiger partial charge in [0.05, 0.1) is 18.2 Å². The van der Waals surface area contributed by atoms with E-state index in [-0.39, 0.29) is 12.5 Å². The SMILES string of the molecule is COc1ccnc(-c2nn(C)c3nc(OCC(=O)NCCc4ccccc4C)cc(C)c23)c1. The molecular weight excluding hydrogens is 418 g/mol. The zero-order chi connectivity index (χ0) is 23.4. The van der Waals surface area contributed by atoms with Gasteiger partial charge in [0.25, 0.3) is 5.91 Å². The Morgan fingerprint density at radius 3 is 2.73 bits per heavy atom. The minimum Gasteiger partial charge on any atom is -0.497 e. The van der Waals surface area contributed by atoms with Gasteiger partial charge in [-0.3, -0.25) is 9.78 Å². The highest BCUT2D eigenvalue weighted by Crippen LogP contribution is 2.31. The van der Waals surface area contributed by atoms with Crippen LogP contribution in [0.25, 0.3) is 22.4 Å². The summed E-state index contributed by atoms with van der Waals surface area (Å²) in [6.07, 6.45) is 2.46. The van der Waals surface area contributed by atoms with Gasteiger partial charge in [-0.2, -0.15) is 10.1 Å². The molecule has 1 amide bonds. The lowest BCUT2D eigenvalue weighted by Crippen LogP contribution is -2.30. The number of aromatic nitrogens is 4. The molecule has 0 fully saturated rings. The summed E-state index contributed by atoms with van der Waals surface area (Å²) in [5.41, 5.74) is 5.45. The van der Waals surface area contributed by atoms with Crippen molar-refractivity contribution in [3.8, 4) is 23.0 Å². The highest BCUT2D eigenvalue weighted by atomic mass is 16.5. The van der Waals surface area contributed by atoms with Crippen molar-refractivity contribution < 1.29 is 14.3 Å². The van der Waals surface area contributed by atoms with Crippen molar-refractivity contribution in [1.82, 2.24) is 25.1 Å². The zero-order valence-electron chi connectivity index (χ0n) is 19.3. The predicted molar refractivity (Wildman–Crippen MR) is 126 cm³/mol. The molecule has 4 rings (SSSR count). The first kappa shape index (κ1) is 22.3. The molecule has 33 heavy (non-hydrogen) atoms. The third kappa shape index (κ3) is 4.95. The first-order valence-electron chi connectivity index (χ1n) is 10.7. The lowest BCUT2D eigenvalue weighted by Gasteiger charge is -2.09. The molecule has 0 unspecified atom stereocenters. The van der Waals surface area contributed by atoms with Gasteiger partial charge in [0, 0.05) is 31.9 Å². The highest BCUT2D eigenvalue weighted by molar-refractivity contribution is 5.93. The maximum atomic E-state index is 12.3. The molecule has 0 spiro atoms. The summed E-state index contributed by atoms with van der Waals surface area (Å²) in [5, 5.41) is 8.39. The van der Waals surface area contributed by atoms with Crippen LogP contribution in [-0.4, -0.2) is 45.9 Å². The van der Waals surface area contributed by atoms with E-state index in [2.05, 4.69) is 39.4 Å². The molecule has 0 aliphatic carbocycles. The third-order valence-corrected chi connectivity index (χ3v) is 5.51. The van der Waals surface area contributed by atoms with Crippen molar-refractivity contribution in [2.24, 2.45) is 7.05 Å². The Balaban J connectivity index is 1.44. The molecule has 4 aromatic rings. The maximum Gasteiger partial charge on any atom is 0.258 e. The molecule has 3 heterocycles. The Hall–Kier alpha value is -3.94. The topological polar surface area (TPSA) is 91.2 Å². The first-order valence-corrected chi connectivity index (χ1v) is 10.7. The number of methoxy groups -OCH3 is 1. The van der Waals surface area contributed by atoms with E-state index in [0.29, 0.717) is 29.5 Å². The average Bonchev–Trinajstić information content (AvgIpc) is 3.16. The Bertz CT molecular complexity index is 1300. The molecule has 0 aliphatic rings. The summed E-state index contributed by atoms with van der Waals surface area (Å²) in [4.78, 5) is 21.3. The van der Waals surface area contributed by atoms with E-state index in [0.717, 1.165) is 23.1 Å². The number of pyridine rings is 2. The monoisotopic (exact) mass is 445 g/mol. The number of carbonyl (C=O) groups excluding carboxylic acids is 1. The van der Waals surface area contributed by atoms with Crippen molar-refractivity contribution in [2.45, 2.75) is 20.3 Å². The average molecular weight is 446 g/mol. The largest absolute Gasteiger partial charge is 0.497 e. The number of nitrogens with one attached hydrogen (secondary N) is 1. The maximum absolute atomic E-state index is 12.3. The predicted octanol–water partition coefficient (Wildman–Crippen LogP) is 3.39. The molecule has 8 heteroatoms. The summed E-state index contributed by atoms with van der Waals surface area (Å²) in [5.74, 6) is 0.898. The third-order valence-electron chi connectivity index (χ3n) is 5.51. The van der Waals surface area contributed by atoms with E-state index in [9.17, 15) is 4.79 Å². The summed E-state index contributed by atoms with van der Waals surface area (Å²) in [6, 6.07) is 13.6. The Labute approximate surface area is 192 Å². The summed E-state index contributed by atoms with van der Waals surface area (Å²) >= 11 is 0. The summed E-state index contributed by atoms with van der Waals surface area (Å²) in [6.45, 7) is 4.48. The molecule has 8 nitrogen and oxygen atoms in total. The van der Waals surface area contributed by atoms with Crippen LogP contribution in [0.2, 0.25) is 0 Å². The van der Waals surface area contributed by atoms with Crippen LogP contribution in [0, 0.1) is 13.8 Å². The standard InChI is InChI=1S/C25H27N5O3/c1-16-7-5-6-8-18(16)9-11-27-21(31)15-33-22-13-17(2)23-24(29-30(3)25(23)28-22)20-14-19(32-4)10-12-26-20/h5-8,10,12-14H,9,11,15H2,1-4H3,(H,27,31). The molecule has 0 saturated heterocycles. The van der Waals surface area contributed by atoms with Crippen LogP contribution in [0.3, 0.4) is 0 Å². The fourth-order valence-corrected chi connectivity index (χ4v) is 3.74. The highest BCUT2D eigenvalue weighted by Gasteiger charge is 2.18. The number of nitrogens with zero attached hydrogens (tertiary/aromatic N) is 4. The second kappa shape index (κ2) is 9.68. The normalized spacial score (nSPS) is 10.9. The smallest absolute Gasteiger partial charge is 0.258 e. The molecule has 170 valence electrons. The van der Waals surface area contributed by atoms with Gasteiger partial charge in [-0.25, -0.2) is 4.68 Å². The van der Waals surface area contributed by atoms with Gasteiger partial charge in [-0.15, -0.1) is 0 Å². The number of rotatable bonds is 8. The number of benzene rings is 1. The van der Waals surface area contributed by atoms with Crippen LogP contribution in [0.15, 0.2) is 48.7 Å². The van der Waals surface area contributed by atoms with Crippen molar-refractivity contribution in [2.75, 3.05) is 20.3 Å². The van der Waals surface area contributed by atoms with E-state index < -0.39 is 0 Å². The lowest BCUT2D eigenvalue weighted by molar-refractivity contribution is -0.123. The number of carbonyl (C=O) groups is 1. The minimum absolute atomic E-state index is 0.103. The van der Waals surface area contributed by atoms with Crippen molar-refractivity contribution in [3.63, 3.8) is 0 Å². The summed E-state index contributed by atoms with van der Waals surface area (Å²) in [7, 11) is 3.44. The zero-order valence-corrected chi connectivity index (χ0v) is 19.3. The van der Waals surface area contributed by atoms with Crippen LogP contribution >= 0.6 is 0 Å². The van der Waals surface area contributed by atoms with Gasteiger partial charge in [-0.1, -0.05) is 24.3 Å². The second-order valence-electron chi connectivity index (χ2n) is 7.84. The van der Waals surface area contributed by atoms with E-state index in [1.807, 2.05) is 38.2 Å². The molecule has 1 N–H and O–H groups in total. The molecular formula is C25H27N5O3. The minimum atomic E-state index is -0.186. The van der Waals surface area contributed by atoms with E-state index in [1.54, 1.807) is 24.1 Å². The summed E-state index contributed by atoms with van der Waals surface area (Å²) < 4.78 is 12.7. The van der Waals surface area contributed by atoms with Gasteiger partial charge >= 0.3 is 0 Å². The van der Waals surface area contributed by atoms with Gasteiger partial charge in [0.15, 0.2) is 12.3 Å². The Kier molecular flexibility index (Phi) is 6.53. The number of fused-ring (bicyclic) bond motifs is 1. The number of amides is 1. The van der Waals surface area contributed by atoms with Crippen molar-refractivity contribution in [3.05, 3.63) is 65.4 Å². The van der Waals surface area contributed by atoms with Crippen molar-refractivity contribution in [1.29, 1.82) is 0 Å². The van der Waals surface area contributed by atoms with Crippen molar-refractivity contribution >= 4 is 16.9 Å². The Morgan fingerprint density at radius 2 is 1.94 bits per heavy atom. The quantitative estimate of drug-likeness (QED) is 0.447. The molecule has 0 aliphatic heterocycles. The van der Waals surface area contributed by atoms with Crippen LogP contribution in [0.4, 0.5) is 0 Å². The van der Waals surface area contributed by atoms with Crippen LogP contribution in [0.5, 0.6) is 11.6 Å². The van der Waals surface area contributed by atoms with Gasteiger partial charge < -0.3 is 14.8 Å². The van der Waals surface area contributed by atoms with Crippen LogP contribution in [-0.2, 0) is 18.3 Å². The number of aryl methyl sites for hydroxylation is 3. The Morgan fingerprint density at radius 1 is 1.12 bits per heavy atom. The van der Waals surface area contributed by atoms with Gasteiger partial charge in [0.2, 0.25) is 5.88 Å². The molecule has 0 atom stereocenters. The van der Waals surface area contributed by atoms with Gasteiger partial charge in [-0.05, 0) is 43.0 Å². The fraction of sp³-hybridized carbons (Fsp3) is 0.280. The van der Waals surface area contributed by atoms with Gasteiger partial charge in [0.1, 0.15) is 11.4 Å². The van der Waals surface area contributed by atoms with Crippen LogP contribution in [0.1, 0.15) is 16.7 Å². The first-order chi connectivity index (χ1) is 16.0. The number of hydrogen-bond acceptors (Lipinski definition) is 6. The molecule has 1 aromatic carbocycles.